The Morgan fingerprint density at radius 3 is 2.45 bits per heavy atom. The van der Waals surface area contributed by atoms with E-state index in [9.17, 15) is 17.6 Å². The van der Waals surface area contributed by atoms with E-state index in [1.807, 2.05) is 13.8 Å². The maximum atomic E-state index is 13.4. The number of rotatable bonds is 9. The number of thiazole rings is 1. The Bertz CT molecular complexity index is 1250. The summed E-state index contributed by atoms with van der Waals surface area (Å²) in [6.45, 7) is 3.83. The van der Waals surface area contributed by atoms with Gasteiger partial charge in [-0.2, -0.15) is 0 Å². The first kappa shape index (κ1) is 23.3. The van der Waals surface area contributed by atoms with Crippen molar-refractivity contribution in [3.05, 3.63) is 59.6 Å². The number of anilines is 2. The van der Waals surface area contributed by atoms with E-state index in [2.05, 4.69) is 20.0 Å². The molecule has 0 saturated heterocycles. The quantitative estimate of drug-likeness (QED) is 0.444. The second kappa shape index (κ2) is 9.18. The number of hydrogen-bond acceptors (Lipinski definition) is 6. The summed E-state index contributed by atoms with van der Waals surface area (Å²) in [5.41, 5.74) is 1.68. The van der Waals surface area contributed by atoms with Crippen LogP contribution in [0, 0.1) is 5.82 Å². The third-order valence-electron chi connectivity index (χ3n) is 6.01. The molecule has 0 atom stereocenters. The summed E-state index contributed by atoms with van der Waals surface area (Å²) >= 11 is 1.19. The molecule has 1 fully saturated rings. The molecule has 2 aromatic heterocycles. The Morgan fingerprint density at radius 2 is 1.85 bits per heavy atom. The van der Waals surface area contributed by atoms with Crippen molar-refractivity contribution in [1.82, 2.24) is 9.97 Å². The number of aromatic nitrogens is 2. The van der Waals surface area contributed by atoms with Crippen LogP contribution in [0.25, 0.3) is 11.1 Å². The standard InChI is InChI=1S/C23H25FN4O3S2/c1-3-23(4-2,20-14-32-22(27-20)28-33(30,31)19-9-10-19)21(29)26-18-7-5-15(6-8-18)16-11-17(24)13-25-12-16/h5-8,11-14,19H,3-4,9-10H2,1-2H3,(H,26,29)(H,27,28). The first-order chi connectivity index (χ1) is 15.8. The molecule has 0 unspecified atom stereocenters. The third-order valence-corrected chi connectivity index (χ3v) is 8.72. The van der Waals surface area contributed by atoms with E-state index in [-0.39, 0.29) is 16.3 Å². The summed E-state index contributed by atoms with van der Waals surface area (Å²) in [5, 5.41) is 4.64. The van der Waals surface area contributed by atoms with Gasteiger partial charge in [0, 0.05) is 22.8 Å². The van der Waals surface area contributed by atoms with Gasteiger partial charge in [0.1, 0.15) is 5.82 Å². The largest absolute Gasteiger partial charge is 0.325 e. The number of benzene rings is 1. The molecule has 1 aromatic carbocycles. The van der Waals surface area contributed by atoms with Gasteiger partial charge in [0.2, 0.25) is 15.9 Å². The van der Waals surface area contributed by atoms with Crippen LogP contribution in [-0.4, -0.2) is 29.5 Å². The first-order valence-corrected chi connectivity index (χ1v) is 13.2. The van der Waals surface area contributed by atoms with E-state index in [1.165, 1.54) is 17.4 Å². The van der Waals surface area contributed by atoms with Crippen LogP contribution in [0.5, 0.6) is 0 Å². The van der Waals surface area contributed by atoms with Crippen LogP contribution in [-0.2, 0) is 20.2 Å². The third kappa shape index (κ3) is 4.91. The monoisotopic (exact) mass is 488 g/mol. The number of pyridine rings is 1. The van der Waals surface area contributed by atoms with E-state index < -0.39 is 21.3 Å². The Kier molecular flexibility index (Phi) is 6.49. The normalized spacial score (nSPS) is 14.2. The molecule has 10 heteroatoms. The van der Waals surface area contributed by atoms with Crippen LogP contribution in [0.2, 0.25) is 0 Å². The fourth-order valence-electron chi connectivity index (χ4n) is 3.74. The second-order valence-electron chi connectivity index (χ2n) is 8.10. The average molecular weight is 489 g/mol. The molecule has 4 rings (SSSR count). The highest BCUT2D eigenvalue weighted by molar-refractivity contribution is 7.93. The minimum atomic E-state index is -3.41. The number of nitrogens with zero attached hydrogens (tertiary/aromatic N) is 2. The number of amides is 1. The number of hydrogen-bond donors (Lipinski definition) is 2. The lowest BCUT2D eigenvalue weighted by molar-refractivity contribution is -0.122. The summed E-state index contributed by atoms with van der Waals surface area (Å²) in [6.07, 6.45) is 5.06. The van der Waals surface area contributed by atoms with Crippen molar-refractivity contribution in [2.45, 2.75) is 50.2 Å². The summed E-state index contributed by atoms with van der Waals surface area (Å²) in [7, 11) is -3.41. The lowest BCUT2D eigenvalue weighted by Gasteiger charge is -2.28. The number of carbonyl (C=O) groups is 1. The predicted molar refractivity (Wildman–Crippen MR) is 128 cm³/mol. The van der Waals surface area contributed by atoms with Crippen LogP contribution >= 0.6 is 11.3 Å². The maximum Gasteiger partial charge on any atom is 0.237 e. The Balaban J connectivity index is 1.52. The van der Waals surface area contributed by atoms with Crippen molar-refractivity contribution in [2.24, 2.45) is 0 Å². The van der Waals surface area contributed by atoms with Gasteiger partial charge >= 0.3 is 0 Å². The molecule has 0 radical (unpaired) electrons. The van der Waals surface area contributed by atoms with Gasteiger partial charge in [0.05, 0.1) is 22.6 Å². The molecule has 1 amide bonds. The lowest BCUT2D eigenvalue weighted by atomic mass is 9.78. The van der Waals surface area contributed by atoms with E-state index in [4.69, 9.17) is 0 Å². The minimum Gasteiger partial charge on any atom is -0.325 e. The van der Waals surface area contributed by atoms with Crippen LogP contribution in [0.4, 0.5) is 15.2 Å². The molecule has 0 aliphatic heterocycles. The lowest BCUT2D eigenvalue weighted by Crippen LogP contribution is -2.39. The Hall–Kier alpha value is -2.85. The summed E-state index contributed by atoms with van der Waals surface area (Å²) in [4.78, 5) is 21.7. The van der Waals surface area contributed by atoms with E-state index >= 15 is 0 Å². The molecular formula is C23H25FN4O3S2. The fourth-order valence-corrected chi connectivity index (χ4v) is 6.15. The van der Waals surface area contributed by atoms with Gasteiger partial charge in [-0.15, -0.1) is 11.3 Å². The molecule has 2 N–H and O–H groups in total. The molecule has 1 saturated carbocycles. The molecule has 174 valence electrons. The van der Waals surface area contributed by atoms with Crippen LogP contribution in [0.3, 0.4) is 0 Å². The minimum absolute atomic E-state index is 0.213. The first-order valence-electron chi connectivity index (χ1n) is 10.8. The number of sulfonamides is 1. The molecular weight excluding hydrogens is 463 g/mol. The van der Waals surface area contributed by atoms with Gasteiger partial charge in [-0.3, -0.25) is 14.5 Å². The SMILES string of the molecule is CCC(CC)(C(=O)Nc1ccc(-c2cncc(F)c2)cc1)c1csc(NS(=O)(=O)C2CC2)n1. The highest BCUT2D eigenvalue weighted by Gasteiger charge is 2.40. The molecule has 1 aliphatic carbocycles. The maximum absolute atomic E-state index is 13.4. The zero-order chi connectivity index (χ0) is 23.6. The van der Waals surface area contributed by atoms with Crippen LogP contribution in [0.1, 0.15) is 45.2 Å². The second-order valence-corrected chi connectivity index (χ2v) is 10.9. The summed E-state index contributed by atoms with van der Waals surface area (Å²) < 4.78 is 40.5. The van der Waals surface area contributed by atoms with Gasteiger partial charge in [0.25, 0.3) is 0 Å². The molecule has 33 heavy (non-hydrogen) atoms. The molecule has 3 aromatic rings. The van der Waals surface area contributed by atoms with Crippen molar-refractivity contribution in [3.8, 4) is 11.1 Å². The predicted octanol–water partition coefficient (Wildman–Crippen LogP) is 4.94. The van der Waals surface area contributed by atoms with Gasteiger partial charge < -0.3 is 5.32 Å². The summed E-state index contributed by atoms with van der Waals surface area (Å²) in [5.74, 6) is -0.628. The number of halogens is 1. The number of nitrogens with one attached hydrogen (secondary N) is 2. The van der Waals surface area contributed by atoms with Gasteiger partial charge in [-0.25, -0.2) is 17.8 Å². The number of carbonyl (C=O) groups excluding carboxylic acids is 1. The average Bonchev–Trinajstić information content (AvgIpc) is 3.57. The molecule has 0 spiro atoms. The Labute approximate surface area is 196 Å². The van der Waals surface area contributed by atoms with E-state index in [0.29, 0.717) is 42.6 Å². The van der Waals surface area contributed by atoms with Crippen molar-refractivity contribution in [2.75, 3.05) is 10.0 Å². The zero-order valence-electron chi connectivity index (χ0n) is 18.3. The zero-order valence-corrected chi connectivity index (χ0v) is 20.0. The summed E-state index contributed by atoms with van der Waals surface area (Å²) in [6, 6.07) is 8.49. The van der Waals surface area contributed by atoms with Crippen molar-refractivity contribution >= 4 is 38.1 Å². The van der Waals surface area contributed by atoms with Gasteiger partial charge in [-0.1, -0.05) is 26.0 Å². The van der Waals surface area contributed by atoms with E-state index in [1.54, 1.807) is 35.8 Å². The van der Waals surface area contributed by atoms with Gasteiger partial charge in [0.15, 0.2) is 5.13 Å². The Morgan fingerprint density at radius 1 is 1.15 bits per heavy atom. The topological polar surface area (TPSA) is 101 Å². The van der Waals surface area contributed by atoms with Crippen molar-refractivity contribution in [3.63, 3.8) is 0 Å². The van der Waals surface area contributed by atoms with Crippen molar-refractivity contribution < 1.29 is 17.6 Å². The molecule has 7 nitrogen and oxygen atoms in total. The van der Waals surface area contributed by atoms with Crippen LogP contribution < -0.4 is 10.0 Å². The molecule has 2 heterocycles. The highest BCUT2D eigenvalue weighted by atomic mass is 32.2. The fraction of sp³-hybridized carbons (Fsp3) is 0.348. The van der Waals surface area contributed by atoms with Gasteiger partial charge in [-0.05, 0) is 49.4 Å². The molecule has 1 aliphatic rings. The highest BCUT2D eigenvalue weighted by Crippen LogP contribution is 2.37. The smallest absolute Gasteiger partial charge is 0.237 e. The van der Waals surface area contributed by atoms with E-state index in [0.717, 1.165) is 11.8 Å². The van der Waals surface area contributed by atoms with Crippen molar-refractivity contribution in [1.29, 1.82) is 0 Å². The molecule has 0 bridgehead atoms. The van der Waals surface area contributed by atoms with Crippen LogP contribution in [0.15, 0.2) is 48.1 Å².